The van der Waals surface area contributed by atoms with Gasteiger partial charge in [0.2, 0.25) is 0 Å². The summed E-state index contributed by atoms with van der Waals surface area (Å²) in [6.45, 7) is 6.54. The summed E-state index contributed by atoms with van der Waals surface area (Å²) in [5, 5.41) is 9.75. The van der Waals surface area contributed by atoms with Crippen molar-refractivity contribution < 1.29 is 19.4 Å². The molecule has 1 amide bonds. The lowest BCUT2D eigenvalue weighted by atomic mass is 9.84. The molecule has 1 aromatic rings. The van der Waals surface area contributed by atoms with E-state index in [1.165, 1.54) is 17.4 Å². The Bertz CT molecular complexity index is 756. The largest absolute Gasteiger partial charge is 0.480 e. The molecule has 5 heteroatoms. The molecule has 28 heavy (non-hydrogen) atoms. The fourth-order valence-electron chi connectivity index (χ4n) is 4.25. The van der Waals surface area contributed by atoms with Crippen molar-refractivity contribution in [2.24, 2.45) is 5.92 Å². The zero-order chi connectivity index (χ0) is 20.3. The molecule has 1 aromatic carbocycles. The summed E-state index contributed by atoms with van der Waals surface area (Å²) < 4.78 is 6.06. The average molecular weight is 386 g/mol. The van der Waals surface area contributed by atoms with E-state index >= 15 is 0 Å². The summed E-state index contributed by atoms with van der Waals surface area (Å²) in [6, 6.07) is 7.01. The Kier molecular flexibility index (Phi) is 6.11. The van der Waals surface area contributed by atoms with Crippen LogP contribution in [0.5, 0.6) is 5.75 Å². The van der Waals surface area contributed by atoms with Gasteiger partial charge in [0, 0.05) is 11.6 Å². The number of carbonyl (C=O) groups is 2. The van der Waals surface area contributed by atoms with Crippen LogP contribution in [0.1, 0.15) is 64.9 Å². The molecule has 1 aliphatic heterocycles. The predicted octanol–water partition coefficient (Wildman–Crippen LogP) is 4.51. The highest BCUT2D eigenvalue weighted by Gasteiger charge is 2.36. The third-order valence-corrected chi connectivity index (χ3v) is 5.77. The highest BCUT2D eigenvalue weighted by Crippen LogP contribution is 2.34. The first-order valence-electron chi connectivity index (χ1n) is 10.3. The van der Waals surface area contributed by atoms with Crippen molar-refractivity contribution in [3.8, 4) is 5.75 Å². The van der Waals surface area contributed by atoms with Crippen LogP contribution in [0.3, 0.4) is 0 Å². The lowest BCUT2D eigenvalue weighted by Crippen LogP contribution is -2.44. The number of rotatable bonds is 6. The minimum atomic E-state index is -0.927. The van der Waals surface area contributed by atoms with Crippen LogP contribution < -0.4 is 4.74 Å². The molecular formula is C23H31NO4. The Morgan fingerprint density at radius 1 is 1.21 bits per heavy atom. The number of carboxylic acid groups (broad SMARTS) is 1. The number of carbonyl (C=O) groups excluding carboxylic acids is 1. The van der Waals surface area contributed by atoms with E-state index in [-0.39, 0.29) is 17.9 Å². The topological polar surface area (TPSA) is 66.8 Å². The van der Waals surface area contributed by atoms with Crippen molar-refractivity contribution in [3.05, 3.63) is 41.7 Å². The quantitative estimate of drug-likeness (QED) is 0.782. The minimum absolute atomic E-state index is 0.0932. The van der Waals surface area contributed by atoms with Crippen LogP contribution in [-0.4, -0.2) is 34.5 Å². The lowest BCUT2D eigenvalue weighted by Gasteiger charge is -2.30. The summed E-state index contributed by atoms with van der Waals surface area (Å²) in [5.74, 6) is 0.413. The van der Waals surface area contributed by atoms with Gasteiger partial charge in [-0.25, -0.2) is 4.79 Å². The number of hydrogen-bond donors (Lipinski definition) is 1. The van der Waals surface area contributed by atoms with Crippen molar-refractivity contribution in [2.45, 2.75) is 70.8 Å². The van der Waals surface area contributed by atoms with Gasteiger partial charge >= 0.3 is 5.97 Å². The van der Waals surface area contributed by atoms with Crippen molar-refractivity contribution >= 4 is 11.9 Å². The van der Waals surface area contributed by atoms with Gasteiger partial charge < -0.3 is 14.7 Å². The van der Waals surface area contributed by atoms with E-state index in [9.17, 15) is 14.7 Å². The van der Waals surface area contributed by atoms with Crippen LogP contribution in [0.15, 0.2) is 36.1 Å². The molecule has 3 rings (SSSR count). The fraction of sp³-hybridized carbons (Fsp3) is 0.565. The zero-order valence-corrected chi connectivity index (χ0v) is 17.1. The summed E-state index contributed by atoms with van der Waals surface area (Å²) in [4.78, 5) is 25.9. The van der Waals surface area contributed by atoms with Gasteiger partial charge in [-0.05, 0) is 23.8 Å². The Hall–Kier alpha value is -2.30. The summed E-state index contributed by atoms with van der Waals surface area (Å²) in [6.07, 6.45) is 7.62. The standard InChI is InChI=1S/C23H31NO4/c1-23(2,3)18-11-7-8-12-20(18)28-17-14-21(25)24(15-17)19(22(26)27)13-16-9-5-4-6-10-16/h7-8,11-12,14,16,19H,4-6,9-10,13,15H2,1-3H3,(H,26,27). The number of aliphatic carboxylic acids is 1. The summed E-state index contributed by atoms with van der Waals surface area (Å²) in [5.41, 5.74) is 0.961. The molecule has 0 radical (unpaired) electrons. The monoisotopic (exact) mass is 385 g/mol. The second-order valence-corrected chi connectivity index (χ2v) is 9.02. The molecule has 1 saturated carbocycles. The van der Waals surface area contributed by atoms with Crippen LogP contribution in [0.4, 0.5) is 0 Å². The van der Waals surface area contributed by atoms with Gasteiger partial charge in [-0.15, -0.1) is 0 Å². The van der Waals surface area contributed by atoms with Gasteiger partial charge in [0.1, 0.15) is 17.6 Å². The third-order valence-electron chi connectivity index (χ3n) is 5.77. The van der Waals surface area contributed by atoms with Crippen LogP contribution in [0, 0.1) is 5.92 Å². The first-order valence-corrected chi connectivity index (χ1v) is 10.3. The van der Waals surface area contributed by atoms with E-state index in [1.54, 1.807) is 0 Å². The molecule has 1 atom stereocenters. The van der Waals surface area contributed by atoms with E-state index in [0.717, 1.165) is 37.0 Å². The Labute approximate surface area is 167 Å². The molecular weight excluding hydrogens is 354 g/mol. The summed E-state index contributed by atoms with van der Waals surface area (Å²) >= 11 is 0. The highest BCUT2D eigenvalue weighted by atomic mass is 16.5. The first kappa shape index (κ1) is 20.4. The molecule has 2 aliphatic rings. The Morgan fingerprint density at radius 2 is 1.89 bits per heavy atom. The number of ether oxygens (including phenoxy) is 1. The molecule has 152 valence electrons. The fourth-order valence-corrected chi connectivity index (χ4v) is 4.25. The van der Waals surface area contributed by atoms with E-state index in [2.05, 4.69) is 20.8 Å². The average Bonchev–Trinajstić information content (AvgIpc) is 2.99. The maximum absolute atomic E-state index is 12.6. The minimum Gasteiger partial charge on any atom is -0.480 e. The molecule has 0 saturated heterocycles. The zero-order valence-electron chi connectivity index (χ0n) is 17.1. The molecule has 1 unspecified atom stereocenters. The van der Waals surface area contributed by atoms with Gasteiger partial charge in [-0.1, -0.05) is 71.1 Å². The Balaban J connectivity index is 1.71. The summed E-state index contributed by atoms with van der Waals surface area (Å²) in [7, 11) is 0. The maximum Gasteiger partial charge on any atom is 0.326 e. The van der Waals surface area contributed by atoms with Gasteiger partial charge in [0.25, 0.3) is 5.91 Å². The Morgan fingerprint density at radius 3 is 2.54 bits per heavy atom. The third kappa shape index (κ3) is 4.75. The van der Waals surface area contributed by atoms with Crippen molar-refractivity contribution in [2.75, 3.05) is 6.54 Å². The number of carboxylic acids is 1. The van der Waals surface area contributed by atoms with Gasteiger partial charge in [0.05, 0.1) is 6.54 Å². The molecule has 0 spiro atoms. The SMILES string of the molecule is CC(C)(C)c1ccccc1OC1=CC(=O)N(C(CC2CCCCC2)C(=O)O)C1. The lowest BCUT2D eigenvalue weighted by molar-refractivity contribution is -0.148. The van der Waals surface area contributed by atoms with E-state index < -0.39 is 12.0 Å². The van der Waals surface area contributed by atoms with Crippen LogP contribution >= 0.6 is 0 Å². The van der Waals surface area contributed by atoms with Crippen LogP contribution in [-0.2, 0) is 15.0 Å². The number of amides is 1. The number of nitrogens with zero attached hydrogens (tertiary/aromatic N) is 1. The van der Waals surface area contributed by atoms with E-state index in [4.69, 9.17) is 4.74 Å². The van der Waals surface area contributed by atoms with Gasteiger partial charge in [-0.2, -0.15) is 0 Å². The smallest absolute Gasteiger partial charge is 0.326 e. The van der Waals surface area contributed by atoms with Gasteiger partial charge in [-0.3, -0.25) is 4.79 Å². The second kappa shape index (κ2) is 8.38. The molecule has 1 aliphatic carbocycles. The molecule has 0 aromatic heterocycles. The van der Waals surface area contributed by atoms with E-state index in [1.807, 2.05) is 24.3 Å². The first-order chi connectivity index (χ1) is 13.3. The maximum atomic E-state index is 12.6. The molecule has 1 fully saturated rings. The normalized spacial score (nSPS) is 19.5. The highest BCUT2D eigenvalue weighted by molar-refractivity contribution is 5.94. The van der Waals surface area contributed by atoms with Crippen molar-refractivity contribution in [1.29, 1.82) is 0 Å². The second-order valence-electron chi connectivity index (χ2n) is 9.02. The van der Waals surface area contributed by atoms with Crippen LogP contribution in [0.2, 0.25) is 0 Å². The van der Waals surface area contributed by atoms with Crippen molar-refractivity contribution in [1.82, 2.24) is 4.90 Å². The predicted molar refractivity (Wildman–Crippen MR) is 108 cm³/mol. The molecule has 1 N–H and O–H groups in total. The van der Waals surface area contributed by atoms with Crippen LogP contribution in [0.25, 0.3) is 0 Å². The molecule has 5 nitrogen and oxygen atoms in total. The van der Waals surface area contributed by atoms with E-state index in [0.29, 0.717) is 18.1 Å². The molecule has 0 bridgehead atoms. The molecule has 1 heterocycles. The van der Waals surface area contributed by atoms with Crippen molar-refractivity contribution in [3.63, 3.8) is 0 Å². The number of hydrogen-bond acceptors (Lipinski definition) is 3. The number of para-hydroxylation sites is 1. The van der Waals surface area contributed by atoms with Gasteiger partial charge in [0.15, 0.2) is 0 Å². The number of benzene rings is 1.